The minimum absolute atomic E-state index is 0.00989. The Labute approximate surface area is 158 Å². The number of nitrogens with zero attached hydrogens (tertiary/aromatic N) is 3. The van der Waals surface area contributed by atoms with Crippen LogP contribution in [0.2, 0.25) is 0 Å². The van der Waals surface area contributed by atoms with E-state index in [4.69, 9.17) is 0 Å². The second-order valence-electron chi connectivity index (χ2n) is 5.82. The molecule has 9 heteroatoms. The molecule has 1 N–H and O–H groups in total. The number of carbonyl (C=O) groups excluding carboxylic acids is 1. The summed E-state index contributed by atoms with van der Waals surface area (Å²) in [6.07, 6.45) is 0.345. The molecule has 7 nitrogen and oxygen atoms in total. The lowest BCUT2D eigenvalue weighted by Gasteiger charge is -2.04. The summed E-state index contributed by atoms with van der Waals surface area (Å²) in [5.41, 5.74) is 2.00. The Hall–Kier alpha value is -3.07. The maximum atomic E-state index is 13.0. The molecule has 1 heterocycles. The third-order valence-electron chi connectivity index (χ3n) is 3.87. The molecule has 1 saturated heterocycles. The quantitative estimate of drug-likeness (QED) is 0.484. The lowest BCUT2D eigenvalue weighted by atomic mass is 10.1. The van der Waals surface area contributed by atoms with E-state index in [2.05, 4.69) is 15.5 Å². The summed E-state index contributed by atoms with van der Waals surface area (Å²) in [5.74, 6) is -0.555. The van der Waals surface area contributed by atoms with E-state index in [9.17, 15) is 19.3 Å². The van der Waals surface area contributed by atoms with Crippen LogP contribution in [-0.2, 0) is 11.2 Å². The minimum Gasteiger partial charge on any atom is -0.303 e. The normalized spacial score (nSPS) is 18.6. The molecule has 0 saturated carbocycles. The molecule has 1 fully saturated rings. The summed E-state index contributed by atoms with van der Waals surface area (Å²) < 4.78 is 13.0. The van der Waals surface area contributed by atoms with Crippen LogP contribution in [0.1, 0.15) is 18.1 Å². The number of benzene rings is 2. The van der Waals surface area contributed by atoms with Gasteiger partial charge in [0.25, 0.3) is 5.69 Å². The fourth-order valence-electron chi connectivity index (χ4n) is 2.47. The topological polar surface area (TPSA) is 97.0 Å². The van der Waals surface area contributed by atoms with Crippen molar-refractivity contribution in [2.24, 2.45) is 10.2 Å². The number of nitro benzene ring substituents is 1. The molecule has 1 atom stereocenters. The van der Waals surface area contributed by atoms with Gasteiger partial charge in [-0.15, -0.1) is 5.10 Å². The Morgan fingerprint density at radius 1 is 1.30 bits per heavy atom. The van der Waals surface area contributed by atoms with E-state index in [1.54, 1.807) is 31.2 Å². The van der Waals surface area contributed by atoms with Gasteiger partial charge in [-0.2, -0.15) is 5.10 Å². The minimum atomic E-state index is -0.467. The van der Waals surface area contributed by atoms with Crippen molar-refractivity contribution in [1.29, 1.82) is 0 Å². The summed E-state index contributed by atoms with van der Waals surface area (Å²) >= 11 is 1.22. The number of halogens is 1. The number of nitro groups is 1. The Morgan fingerprint density at radius 2 is 2.04 bits per heavy atom. The SMILES string of the molecule is C/C(=N/N=C1\NC(=O)[C@H](Cc2cccc([N+](=O)[O-])c2)S1)c1ccc(F)cc1. The van der Waals surface area contributed by atoms with Gasteiger partial charge in [-0.05, 0) is 36.6 Å². The van der Waals surface area contributed by atoms with E-state index in [-0.39, 0.29) is 17.4 Å². The number of hydrogen-bond donors (Lipinski definition) is 1. The monoisotopic (exact) mass is 386 g/mol. The van der Waals surface area contributed by atoms with E-state index in [1.165, 1.54) is 36.0 Å². The summed E-state index contributed by atoms with van der Waals surface area (Å²) in [5, 5.41) is 21.5. The third kappa shape index (κ3) is 4.76. The summed E-state index contributed by atoms with van der Waals surface area (Å²) in [7, 11) is 0. The van der Waals surface area contributed by atoms with Gasteiger partial charge in [0.05, 0.1) is 15.9 Å². The average Bonchev–Trinajstić information content (AvgIpc) is 3.00. The van der Waals surface area contributed by atoms with Gasteiger partial charge in [0, 0.05) is 12.1 Å². The molecule has 27 heavy (non-hydrogen) atoms. The Kier molecular flexibility index (Phi) is 5.60. The van der Waals surface area contributed by atoms with Gasteiger partial charge in [0.15, 0.2) is 5.17 Å². The molecule has 2 aromatic carbocycles. The molecular weight excluding hydrogens is 371 g/mol. The molecule has 138 valence electrons. The number of thioether (sulfide) groups is 1. The Balaban J connectivity index is 1.68. The van der Waals surface area contributed by atoms with Crippen molar-refractivity contribution in [2.45, 2.75) is 18.6 Å². The standard InChI is InChI=1S/C18H15FN4O3S/c1-11(13-5-7-14(19)8-6-13)21-22-18-20-17(24)16(27-18)10-12-3-2-4-15(9-12)23(25)26/h2-9,16H,10H2,1H3,(H,20,22,24)/b21-11-/t16-/m0/s1. The zero-order valence-corrected chi connectivity index (χ0v) is 15.1. The van der Waals surface area contributed by atoms with Crippen molar-refractivity contribution < 1.29 is 14.1 Å². The number of amidine groups is 1. The molecule has 1 amide bonds. The van der Waals surface area contributed by atoms with Crippen LogP contribution in [0.25, 0.3) is 0 Å². The largest absolute Gasteiger partial charge is 0.303 e. The molecule has 0 aliphatic carbocycles. The van der Waals surface area contributed by atoms with Crippen LogP contribution >= 0.6 is 11.8 Å². The van der Waals surface area contributed by atoms with Crippen LogP contribution in [0.3, 0.4) is 0 Å². The van der Waals surface area contributed by atoms with Gasteiger partial charge in [0.2, 0.25) is 5.91 Å². The van der Waals surface area contributed by atoms with Gasteiger partial charge >= 0.3 is 0 Å². The van der Waals surface area contributed by atoms with Crippen molar-refractivity contribution in [3.63, 3.8) is 0 Å². The second kappa shape index (κ2) is 8.09. The highest BCUT2D eigenvalue weighted by molar-refractivity contribution is 8.15. The van der Waals surface area contributed by atoms with Gasteiger partial charge in [-0.1, -0.05) is 36.0 Å². The van der Waals surface area contributed by atoms with E-state index < -0.39 is 10.2 Å². The number of amides is 1. The molecule has 0 bridgehead atoms. The summed E-state index contributed by atoms with van der Waals surface area (Å²) in [4.78, 5) is 22.5. The maximum absolute atomic E-state index is 13.0. The maximum Gasteiger partial charge on any atom is 0.269 e. The van der Waals surface area contributed by atoms with Gasteiger partial charge < -0.3 is 5.32 Å². The lowest BCUT2D eigenvalue weighted by molar-refractivity contribution is -0.384. The first-order valence-electron chi connectivity index (χ1n) is 8.01. The molecule has 0 aromatic heterocycles. The average molecular weight is 386 g/mol. The van der Waals surface area contributed by atoms with Gasteiger partial charge in [-0.25, -0.2) is 4.39 Å². The highest BCUT2D eigenvalue weighted by atomic mass is 32.2. The van der Waals surface area contributed by atoms with Gasteiger partial charge in [0.1, 0.15) is 5.82 Å². The molecule has 1 aliphatic rings. The number of hydrogen-bond acceptors (Lipinski definition) is 6. The highest BCUT2D eigenvalue weighted by Gasteiger charge is 2.30. The van der Waals surface area contributed by atoms with Gasteiger partial charge in [-0.3, -0.25) is 14.9 Å². The van der Waals surface area contributed by atoms with Crippen LogP contribution < -0.4 is 5.32 Å². The Morgan fingerprint density at radius 3 is 2.74 bits per heavy atom. The number of carbonyl (C=O) groups is 1. The fourth-order valence-corrected chi connectivity index (χ4v) is 3.43. The second-order valence-corrected chi connectivity index (χ2v) is 7.02. The van der Waals surface area contributed by atoms with E-state index in [1.807, 2.05) is 0 Å². The number of rotatable bonds is 5. The van der Waals surface area contributed by atoms with E-state index in [0.29, 0.717) is 22.9 Å². The first-order valence-corrected chi connectivity index (χ1v) is 8.89. The summed E-state index contributed by atoms with van der Waals surface area (Å²) in [6.45, 7) is 1.74. The molecule has 1 aliphatic heterocycles. The smallest absolute Gasteiger partial charge is 0.269 e. The van der Waals surface area contributed by atoms with Crippen molar-refractivity contribution in [3.05, 3.63) is 75.6 Å². The first-order chi connectivity index (χ1) is 12.9. The highest BCUT2D eigenvalue weighted by Crippen LogP contribution is 2.25. The lowest BCUT2D eigenvalue weighted by Crippen LogP contribution is -2.26. The molecular formula is C18H15FN4O3S. The van der Waals surface area contributed by atoms with Crippen LogP contribution in [0.15, 0.2) is 58.7 Å². The zero-order valence-electron chi connectivity index (χ0n) is 14.3. The van der Waals surface area contributed by atoms with Crippen molar-refractivity contribution >= 4 is 34.2 Å². The van der Waals surface area contributed by atoms with Crippen molar-refractivity contribution in [2.75, 3.05) is 0 Å². The molecule has 0 spiro atoms. The predicted octanol–water partition coefficient (Wildman–Crippen LogP) is 3.29. The van der Waals surface area contributed by atoms with Crippen LogP contribution in [-0.4, -0.2) is 27.0 Å². The molecule has 0 unspecified atom stereocenters. The van der Waals surface area contributed by atoms with Crippen LogP contribution in [0.5, 0.6) is 0 Å². The van der Waals surface area contributed by atoms with E-state index >= 15 is 0 Å². The Bertz CT molecular complexity index is 944. The molecule has 0 radical (unpaired) electrons. The predicted molar refractivity (Wildman–Crippen MR) is 102 cm³/mol. The molecule has 3 rings (SSSR count). The number of nitrogens with one attached hydrogen (secondary N) is 1. The number of non-ortho nitro benzene ring substituents is 1. The van der Waals surface area contributed by atoms with Crippen molar-refractivity contribution in [3.8, 4) is 0 Å². The van der Waals surface area contributed by atoms with Crippen LogP contribution in [0.4, 0.5) is 10.1 Å². The van der Waals surface area contributed by atoms with Crippen LogP contribution in [0, 0.1) is 15.9 Å². The third-order valence-corrected chi connectivity index (χ3v) is 4.94. The van der Waals surface area contributed by atoms with E-state index in [0.717, 1.165) is 5.56 Å². The molecule has 2 aromatic rings. The zero-order chi connectivity index (χ0) is 19.4. The van der Waals surface area contributed by atoms with Crippen molar-refractivity contribution in [1.82, 2.24) is 5.32 Å². The summed E-state index contributed by atoms with van der Waals surface area (Å²) in [6, 6.07) is 12.1. The fraction of sp³-hybridized carbons (Fsp3) is 0.167. The first kappa shape index (κ1) is 18.7.